The van der Waals surface area contributed by atoms with Crippen molar-refractivity contribution in [1.82, 2.24) is 14.5 Å². The fourth-order valence-corrected chi connectivity index (χ4v) is 8.39. The van der Waals surface area contributed by atoms with Gasteiger partial charge in [-0.25, -0.2) is 0 Å². The van der Waals surface area contributed by atoms with Crippen molar-refractivity contribution in [3.63, 3.8) is 0 Å². The van der Waals surface area contributed by atoms with Gasteiger partial charge in [0.25, 0.3) is 0 Å². The van der Waals surface area contributed by atoms with Crippen LogP contribution in [0.5, 0.6) is 0 Å². The largest absolute Gasteiger partial charge is 0.501 e. The van der Waals surface area contributed by atoms with Crippen LogP contribution in [0.15, 0.2) is 120 Å². The van der Waals surface area contributed by atoms with Gasteiger partial charge in [0.05, 0.1) is 30.5 Å². The molecule has 3 heterocycles. The first-order valence-electron chi connectivity index (χ1n) is 17.0. The van der Waals surface area contributed by atoms with E-state index in [-0.39, 0.29) is 20.1 Å². The molecule has 0 spiro atoms. The maximum absolute atomic E-state index is 6.30. The Morgan fingerprint density at radius 3 is 2.20 bits per heavy atom. The van der Waals surface area contributed by atoms with Crippen molar-refractivity contribution < 1.29 is 24.5 Å². The zero-order valence-electron chi connectivity index (χ0n) is 29.6. The molecule has 0 fully saturated rings. The van der Waals surface area contributed by atoms with Gasteiger partial charge in [-0.2, -0.15) is 0 Å². The maximum Gasteiger partial charge on any atom is 0.120 e. The molecule has 1 radical (unpaired) electrons. The Labute approximate surface area is 309 Å². The predicted octanol–water partition coefficient (Wildman–Crippen LogP) is 11.2. The molecular weight excluding hydrogens is 807 g/mol. The Hall–Kier alpha value is -4.61. The van der Waals surface area contributed by atoms with E-state index in [1.807, 2.05) is 48.5 Å². The van der Waals surface area contributed by atoms with Crippen LogP contribution in [-0.4, -0.2) is 22.6 Å². The second kappa shape index (κ2) is 14.3. The summed E-state index contributed by atoms with van der Waals surface area (Å²) in [5.74, 6) is 1.38. The molecule has 0 N–H and O–H groups in total. The number of furan rings is 1. The van der Waals surface area contributed by atoms with E-state index in [2.05, 4.69) is 136 Å². The Balaban J connectivity index is 0.000000188. The number of imidazole rings is 1. The van der Waals surface area contributed by atoms with Crippen molar-refractivity contribution in [1.29, 1.82) is 0 Å². The Bertz CT molecular complexity index is 2420. The van der Waals surface area contributed by atoms with Crippen molar-refractivity contribution in [3.8, 4) is 28.3 Å². The minimum Gasteiger partial charge on any atom is -0.501 e. The smallest absolute Gasteiger partial charge is 0.120 e. The fraction of sp³-hybridized carbons (Fsp3) is 0.182. The zero-order valence-corrected chi connectivity index (χ0v) is 33.0. The molecule has 6 heteroatoms. The average molecular weight is 848 g/mol. The Kier molecular flexibility index (Phi) is 10.1. The normalized spacial score (nSPS) is 11.5. The van der Waals surface area contributed by atoms with Gasteiger partial charge in [-0.15, -0.1) is 54.1 Å². The minimum atomic E-state index is -1.34. The number of aromatic nitrogens is 3. The molecule has 0 unspecified atom stereocenters. The number of nitrogens with zero attached hydrogens (tertiary/aromatic N) is 3. The number of pyridine rings is 1. The van der Waals surface area contributed by atoms with Crippen molar-refractivity contribution in [2.75, 3.05) is 0 Å². The molecule has 8 aromatic rings. The van der Waals surface area contributed by atoms with E-state index < -0.39 is 8.07 Å². The first-order valence-corrected chi connectivity index (χ1v) is 20.5. The molecule has 5 aromatic carbocycles. The summed E-state index contributed by atoms with van der Waals surface area (Å²) in [5, 5.41) is 3.67. The summed E-state index contributed by atoms with van der Waals surface area (Å²) in [7, 11) is -1.34. The molecule has 253 valence electrons. The quantitative estimate of drug-likeness (QED) is 0.128. The van der Waals surface area contributed by atoms with Gasteiger partial charge in [-0.1, -0.05) is 105 Å². The SMILES string of the molecule is CC(C)c1cc(-c2[c-]cccc2)ncc1[Si](C)(C)C.Cc1cccc(C)c1-n1c(-c2[c-]ccc3c2oc2ccccc23)nc2ccccc21.[Ir]. The minimum absolute atomic E-state index is 0. The third-order valence-corrected chi connectivity index (χ3v) is 11.2. The summed E-state index contributed by atoms with van der Waals surface area (Å²) in [5.41, 5.74) is 11.7. The van der Waals surface area contributed by atoms with Gasteiger partial charge in [-0.3, -0.25) is 4.98 Å². The van der Waals surface area contributed by atoms with Gasteiger partial charge in [-0.05, 0) is 60.0 Å². The Morgan fingerprint density at radius 2 is 1.48 bits per heavy atom. The zero-order chi connectivity index (χ0) is 34.3. The van der Waals surface area contributed by atoms with Crippen molar-refractivity contribution in [3.05, 3.63) is 144 Å². The monoisotopic (exact) mass is 848 g/mol. The average Bonchev–Trinajstić information content (AvgIpc) is 3.67. The summed E-state index contributed by atoms with van der Waals surface area (Å²) in [4.78, 5) is 9.70. The van der Waals surface area contributed by atoms with Crippen molar-refractivity contribution in [2.45, 2.75) is 53.3 Å². The van der Waals surface area contributed by atoms with Crippen LogP contribution in [0.1, 0.15) is 36.5 Å². The van der Waals surface area contributed by atoms with Crippen molar-refractivity contribution in [2.24, 2.45) is 0 Å². The molecular formula is C44H41IrN3OSi-2. The molecule has 4 nitrogen and oxygen atoms in total. The number of aryl methyl sites for hydroxylation is 2. The number of para-hydroxylation sites is 4. The third kappa shape index (κ3) is 6.64. The predicted molar refractivity (Wildman–Crippen MR) is 208 cm³/mol. The number of hydrogen-bond acceptors (Lipinski definition) is 3. The molecule has 3 aromatic heterocycles. The van der Waals surface area contributed by atoms with E-state index in [4.69, 9.17) is 9.40 Å². The molecule has 0 bridgehead atoms. The number of rotatable bonds is 5. The molecule has 50 heavy (non-hydrogen) atoms. The van der Waals surface area contributed by atoms with Gasteiger partial charge in [0.2, 0.25) is 0 Å². The summed E-state index contributed by atoms with van der Waals surface area (Å²) in [6.45, 7) is 16.0. The van der Waals surface area contributed by atoms with Gasteiger partial charge < -0.3 is 14.0 Å². The molecule has 8 rings (SSSR count). The molecule has 0 aliphatic carbocycles. The summed E-state index contributed by atoms with van der Waals surface area (Å²) in [6, 6.07) is 43.8. The van der Waals surface area contributed by atoms with Crippen molar-refractivity contribution >= 4 is 46.2 Å². The van der Waals surface area contributed by atoms with Gasteiger partial charge >= 0.3 is 0 Å². The molecule has 0 amide bonds. The maximum atomic E-state index is 6.30. The van der Waals surface area contributed by atoms with Gasteiger partial charge in [0, 0.05) is 37.4 Å². The van der Waals surface area contributed by atoms with Gasteiger partial charge in [0.15, 0.2) is 0 Å². The number of fused-ring (bicyclic) bond motifs is 4. The van der Waals surface area contributed by atoms with Crippen LogP contribution in [0.25, 0.3) is 61.3 Å². The topological polar surface area (TPSA) is 43.9 Å². The molecule has 0 saturated carbocycles. The van der Waals surface area contributed by atoms with E-state index >= 15 is 0 Å². The molecule has 0 aliphatic heterocycles. The summed E-state index contributed by atoms with van der Waals surface area (Å²) < 4.78 is 8.55. The molecule has 0 atom stereocenters. The first kappa shape index (κ1) is 35.2. The van der Waals surface area contributed by atoms with Crippen LogP contribution in [0.3, 0.4) is 0 Å². The molecule has 0 saturated heterocycles. The molecule has 0 aliphatic rings. The van der Waals surface area contributed by atoms with Crippen LogP contribution in [0.2, 0.25) is 19.6 Å². The van der Waals surface area contributed by atoms with E-state index in [0.717, 1.165) is 61.3 Å². The standard InChI is InChI=1S/C27H19N2O.C17H22NSi.Ir/c1-17-9-7-10-18(2)25(17)29-23-15-5-4-14-22(23)28-27(29)21-13-8-12-20-19-11-3-6-16-24(19)30-26(20)21;1-13(2)15-11-16(14-9-7-6-8-10-14)18-12-17(15)19(3,4)5;/h3-12,14-16H,1-2H3;6-9,11-13H,1-5H3;/q2*-1;. The number of benzene rings is 5. The van der Waals surface area contributed by atoms with E-state index in [1.165, 1.54) is 21.9 Å². The van der Waals surface area contributed by atoms with Crippen LogP contribution in [-0.2, 0) is 20.1 Å². The second-order valence-electron chi connectivity index (χ2n) is 14.0. The van der Waals surface area contributed by atoms with Gasteiger partial charge in [0.1, 0.15) is 5.58 Å². The first-order chi connectivity index (χ1) is 23.6. The van der Waals surface area contributed by atoms with Crippen LogP contribution in [0.4, 0.5) is 0 Å². The van der Waals surface area contributed by atoms with Crippen LogP contribution in [0, 0.1) is 26.0 Å². The van der Waals surface area contributed by atoms with Crippen LogP contribution >= 0.6 is 0 Å². The second-order valence-corrected chi connectivity index (χ2v) is 19.1. The number of hydrogen-bond donors (Lipinski definition) is 0. The van der Waals surface area contributed by atoms with E-state index in [9.17, 15) is 0 Å². The fourth-order valence-electron chi connectivity index (χ4n) is 6.71. The van der Waals surface area contributed by atoms with E-state index in [1.54, 1.807) is 0 Å². The van der Waals surface area contributed by atoms with E-state index in [0.29, 0.717) is 5.92 Å². The Morgan fingerprint density at radius 1 is 0.760 bits per heavy atom. The summed E-state index contributed by atoms with van der Waals surface area (Å²) in [6.07, 6.45) is 2.09. The third-order valence-electron chi connectivity index (χ3n) is 9.14. The van der Waals surface area contributed by atoms with Crippen LogP contribution < -0.4 is 5.19 Å². The summed E-state index contributed by atoms with van der Waals surface area (Å²) >= 11 is 0.